The minimum Gasteiger partial charge on any atom is -0.710 e. The Labute approximate surface area is 139 Å². The molecule has 0 aliphatic heterocycles. The van der Waals surface area contributed by atoms with E-state index in [9.17, 15) is 15.2 Å². The van der Waals surface area contributed by atoms with E-state index in [0.717, 1.165) is 4.47 Å². The molecule has 0 aliphatic carbocycles. The summed E-state index contributed by atoms with van der Waals surface area (Å²) >= 11 is 3.28. The minimum atomic E-state index is -0.758. The number of hydrogen-bond acceptors (Lipinski definition) is 4. The predicted octanol–water partition coefficient (Wildman–Crippen LogP) is 1.70. The quantitative estimate of drug-likeness (QED) is 0.525. The molecule has 0 unspecified atom stereocenters. The molecule has 0 atom stereocenters. The molecule has 0 saturated heterocycles. The number of rotatable bonds is 2. The number of fused-ring (bicyclic) bond motifs is 1. The number of para-hydroxylation sites is 2. The minimum absolute atomic E-state index is 0.0658. The van der Waals surface area contributed by atoms with Crippen molar-refractivity contribution in [2.45, 2.75) is 0 Å². The Morgan fingerprint density at radius 3 is 2.35 bits per heavy atom. The fourth-order valence-corrected chi connectivity index (χ4v) is 2.62. The van der Waals surface area contributed by atoms with Crippen LogP contribution in [0.4, 0.5) is 11.5 Å². The van der Waals surface area contributed by atoms with Crippen LogP contribution in [-0.2, 0) is 0 Å². The van der Waals surface area contributed by atoms with Gasteiger partial charge in [0.2, 0.25) is 5.52 Å². The van der Waals surface area contributed by atoms with Crippen LogP contribution in [-0.4, -0.2) is 5.91 Å². The number of amides is 1. The normalized spacial score (nSPS) is 10.7. The highest BCUT2D eigenvalue weighted by Gasteiger charge is 2.30. The molecule has 8 heteroatoms. The van der Waals surface area contributed by atoms with E-state index in [0.29, 0.717) is 15.1 Å². The lowest BCUT2D eigenvalue weighted by Crippen LogP contribution is -2.47. The maximum absolute atomic E-state index is 12.4. The second-order valence-electron chi connectivity index (χ2n) is 4.78. The SMILES string of the molecule is Nc1c(C(=O)Nc2cccc(Br)c2)[n+]([O-])c2ccccc2[n+]1[O-]. The molecule has 7 nitrogen and oxygen atoms in total. The van der Waals surface area contributed by atoms with Crippen molar-refractivity contribution in [3.63, 3.8) is 0 Å². The van der Waals surface area contributed by atoms with Crippen LogP contribution in [0.15, 0.2) is 53.0 Å². The van der Waals surface area contributed by atoms with Crippen molar-refractivity contribution < 1.29 is 14.3 Å². The summed E-state index contributed by atoms with van der Waals surface area (Å²) in [5.41, 5.74) is 5.88. The van der Waals surface area contributed by atoms with Crippen LogP contribution in [0, 0.1) is 10.4 Å². The summed E-state index contributed by atoms with van der Waals surface area (Å²) in [6, 6.07) is 13.0. The molecule has 3 rings (SSSR count). The summed E-state index contributed by atoms with van der Waals surface area (Å²) in [7, 11) is 0. The Morgan fingerprint density at radius 2 is 1.70 bits per heavy atom. The average Bonchev–Trinajstić information content (AvgIpc) is 2.53. The van der Waals surface area contributed by atoms with E-state index in [1.807, 2.05) is 0 Å². The van der Waals surface area contributed by atoms with Crippen molar-refractivity contribution >= 4 is 44.4 Å². The van der Waals surface area contributed by atoms with Crippen LogP contribution >= 0.6 is 15.9 Å². The second-order valence-corrected chi connectivity index (χ2v) is 5.69. The highest BCUT2D eigenvalue weighted by Crippen LogP contribution is 2.17. The van der Waals surface area contributed by atoms with Crippen LogP contribution in [0.3, 0.4) is 0 Å². The summed E-state index contributed by atoms with van der Waals surface area (Å²) in [4.78, 5) is 12.4. The molecule has 3 aromatic rings. The lowest BCUT2D eigenvalue weighted by molar-refractivity contribution is -0.619. The van der Waals surface area contributed by atoms with Gasteiger partial charge in [0.05, 0.1) is 0 Å². The third-order valence-electron chi connectivity index (χ3n) is 3.28. The Bertz CT molecular complexity index is 930. The number of anilines is 2. The molecule has 116 valence electrons. The third kappa shape index (κ3) is 2.64. The van der Waals surface area contributed by atoms with Crippen molar-refractivity contribution in [2.24, 2.45) is 0 Å². The highest BCUT2D eigenvalue weighted by atomic mass is 79.9. The van der Waals surface area contributed by atoms with E-state index in [4.69, 9.17) is 5.73 Å². The third-order valence-corrected chi connectivity index (χ3v) is 3.77. The van der Waals surface area contributed by atoms with Crippen molar-refractivity contribution in [1.82, 2.24) is 0 Å². The average molecular weight is 375 g/mol. The number of carbonyl (C=O) groups is 1. The van der Waals surface area contributed by atoms with Gasteiger partial charge in [0.25, 0.3) is 5.52 Å². The number of halogens is 1. The van der Waals surface area contributed by atoms with E-state index < -0.39 is 17.4 Å². The molecule has 0 saturated carbocycles. The first kappa shape index (κ1) is 15.0. The molecule has 2 aromatic carbocycles. The van der Waals surface area contributed by atoms with Gasteiger partial charge in [-0.2, -0.15) is 0 Å². The van der Waals surface area contributed by atoms with Gasteiger partial charge >= 0.3 is 17.4 Å². The smallest absolute Gasteiger partial charge is 0.372 e. The van der Waals surface area contributed by atoms with Gasteiger partial charge in [-0.15, -0.1) is 4.73 Å². The zero-order chi connectivity index (χ0) is 16.6. The predicted molar refractivity (Wildman–Crippen MR) is 88.4 cm³/mol. The van der Waals surface area contributed by atoms with Crippen molar-refractivity contribution in [3.05, 3.63) is 69.1 Å². The fraction of sp³-hybridized carbons (Fsp3) is 0. The van der Waals surface area contributed by atoms with Gasteiger partial charge in [0.1, 0.15) is 0 Å². The highest BCUT2D eigenvalue weighted by molar-refractivity contribution is 9.10. The maximum Gasteiger partial charge on any atom is 0.372 e. The Balaban J connectivity index is 2.10. The number of carbonyl (C=O) groups excluding carboxylic acids is 1. The van der Waals surface area contributed by atoms with Gasteiger partial charge < -0.3 is 15.7 Å². The van der Waals surface area contributed by atoms with Gasteiger partial charge in [0, 0.05) is 16.2 Å². The van der Waals surface area contributed by atoms with Crippen molar-refractivity contribution in [2.75, 3.05) is 11.1 Å². The molecule has 1 amide bonds. The molecule has 0 spiro atoms. The zero-order valence-electron chi connectivity index (χ0n) is 11.7. The molecule has 0 aliphatic rings. The topological polar surface area (TPSA) is 109 Å². The number of nitrogen functional groups attached to an aromatic ring is 1. The summed E-state index contributed by atoms with van der Waals surface area (Å²) in [5.74, 6) is -1.21. The first-order valence-corrected chi connectivity index (χ1v) is 7.38. The Kier molecular flexibility index (Phi) is 3.75. The zero-order valence-corrected chi connectivity index (χ0v) is 13.3. The maximum atomic E-state index is 12.4. The molecule has 0 fully saturated rings. The van der Waals surface area contributed by atoms with Gasteiger partial charge in [0.15, 0.2) is 0 Å². The Morgan fingerprint density at radius 1 is 1.04 bits per heavy atom. The van der Waals surface area contributed by atoms with Crippen molar-refractivity contribution in [3.8, 4) is 0 Å². The number of nitrogens with one attached hydrogen (secondary N) is 1. The lowest BCUT2D eigenvalue weighted by Gasteiger charge is -2.13. The van der Waals surface area contributed by atoms with Gasteiger partial charge in [-0.3, -0.25) is 10.5 Å². The molecule has 0 radical (unpaired) electrons. The van der Waals surface area contributed by atoms with Crippen LogP contribution in [0.2, 0.25) is 0 Å². The number of aromatic nitrogens is 2. The number of benzene rings is 2. The van der Waals surface area contributed by atoms with Crippen LogP contribution in [0.5, 0.6) is 0 Å². The summed E-state index contributed by atoms with van der Waals surface area (Å²) in [6.45, 7) is 0. The summed E-state index contributed by atoms with van der Waals surface area (Å²) in [6.07, 6.45) is 0. The van der Waals surface area contributed by atoms with E-state index >= 15 is 0 Å². The fourth-order valence-electron chi connectivity index (χ4n) is 2.22. The van der Waals surface area contributed by atoms with E-state index in [1.165, 1.54) is 12.1 Å². The van der Waals surface area contributed by atoms with Gasteiger partial charge in [-0.05, 0) is 24.3 Å². The molecule has 1 aromatic heterocycles. The summed E-state index contributed by atoms with van der Waals surface area (Å²) in [5, 5.41) is 27.1. The van der Waals surface area contributed by atoms with E-state index in [-0.39, 0.29) is 11.0 Å². The molecule has 3 N–H and O–H groups in total. The van der Waals surface area contributed by atoms with E-state index in [2.05, 4.69) is 21.2 Å². The molecular formula is C15H11BrN4O3. The van der Waals surface area contributed by atoms with Gasteiger partial charge in [-0.1, -0.05) is 34.1 Å². The monoisotopic (exact) mass is 374 g/mol. The summed E-state index contributed by atoms with van der Waals surface area (Å²) < 4.78 is 1.50. The number of hydrogen-bond donors (Lipinski definition) is 2. The first-order chi connectivity index (χ1) is 11.0. The molecule has 0 bridgehead atoms. The number of nitrogens with zero attached hydrogens (tertiary/aromatic N) is 2. The van der Waals surface area contributed by atoms with Gasteiger partial charge in [-0.25, -0.2) is 4.73 Å². The standard InChI is InChI=1S/C15H11BrN4O3/c16-9-4-3-5-10(8-9)18-15(21)13-14(17)20(23)12-7-2-1-6-11(12)19(13)22/h1-8H,17H2,(H,18,21). The second kappa shape index (κ2) is 5.73. The van der Waals surface area contributed by atoms with E-state index in [1.54, 1.807) is 36.4 Å². The molecule has 1 heterocycles. The van der Waals surface area contributed by atoms with Crippen LogP contribution < -0.4 is 20.5 Å². The Hall–Kier alpha value is -2.87. The van der Waals surface area contributed by atoms with Crippen LogP contribution in [0.25, 0.3) is 11.0 Å². The molecular weight excluding hydrogens is 364 g/mol. The molecule has 23 heavy (non-hydrogen) atoms. The first-order valence-electron chi connectivity index (χ1n) is 6.59. The van der Waals surface area contributed by atoms with Crippen molar-refractivity contribution in [1.29, 1.82) is 0 Å². The van der Waals surface area contributed by atoms with Crippen LogP contribution in [0.1, 0.15) is 10.5 Å². The lowest BCUT2D eigenvalue weighted by atomic mass is 10.2. The number of nitrogens with two attached hydrogens (primary N) is 1. The largest absolute Gasteiger partial charge is 0.710 e.